The van der Waals surface area contributed by atoms with E-state index in [9.17, 15) is 9.59 Å². The van der Waals surface area contributed by atoms with Crippen molar-refractivity contribution in [1.82, 2.24) is 10.2 Å². The van der Waals surface area contributed by atoms with Crippen LogP contribution in [0.3, 0.4) is 0 Å². The molecular weight excluding hydrogens is 256 g/mol. The van der Waals surface area contributed by atoms with Crippen molar-refractivity contribution in [3.63, 3.8) is 0 Å². The van der Waals surface area contributed by atoms with E-state index in [0.29, 0.717) is 13.1 Å². The van der Waals surface area contributed by atoms with Gasteiger partial charge in [0.2, 0.25) is 0 Å². The molecular formula is C15H28N2O3. The number of hydrogen-bond acceptors (Lipinski definition) is 2. The molecule has 1 aliphatic rings. The van der Waals surface area contributed by atoms with Gasteiger partial charge >= 0.3 is 12.0 Å². The molecule has 0 unspecified atom stereocenters. The third-order valence-electron chi connectivity index (χ3n) is 4.77. The van der Waals surface area contributed by atoms with Crippen LogP contribution in [0.1, 0.15) is 59.3 Å². The maximum absolute atomic E-state index is 12.3. The minimum Gasteiger partial charge on any atom is -0.481 e. The van der Waals surface area contributed by atoms with Gasteiger partial charge in [-0.15, -0.1) is 0 Å². The van der Waals surface area contributed by atoms with Gasteiger partial charge in [-0.25, -0.2) is 4.79 Å². The highest BCUT2D eigenvalue weighted by Gasteiger charge is 2.30. The van der Waals surface area contributed by atoms with Crippen LogP contribution in [0.25, 0.3) is 0 Å². The van der Waals surface area contributed by atoms with E-state index in [1.54, 1.807) is 0 Å². The summed E-state index contributed by atoms with van der Waals surface area (Å²) in [7, 11) is 0. The maximum atomic E-state index is 12.3. The molecule has 2 N–H and O–H groups in total. The molecule has 0 bridgehead atoms. The lowest BCUT2D eigenvalue weighted by molar-refractivity contribution is -0.138. The van der Waals surface area contributed by atoms with Crippen molar-refractivity contribution >= 4 is 12.0 Å². The molecule has 116 valence electrons. The van der Waals surface area contributed by atoms with E-state index in [0.717, 1.165) is 32.1 Å². The first-order chi connectivity index (χ1) is 9.46. The zero-order valence-corrected chi connectivity index (χ0v) is 12.9. The normalized spacial score (nSPS) is 17.1. The van der Waals surface area contributed by atoms with Crippen molar-refractivity contribution in [2.75, 3.05) is 13.1 Å². The summed E-state index contributed by atoms with van der Waals surface area (Å²) in [6.07, 6.45) is 4.59. The topological polar surface area (TPSA) is 69.6 Å². The van der Waals surface area contributed by atoms with E-state index in [4.69, 9.17) is 5.11 Å². The maximum Gasteiger partial charge on any atom is 0.317 e. The van der Waals surface area contributed by atoms with Crippen molar-refractivity contribution in [3.8, 4) is 0 Å². The third kappa shape index (κ3) is 4.39. The number of aliphatic carboxylic acids is 1. The third-order valence-corrected chi connectivity index (χ3v) is 4.77. The molecule has 20 heavy (non-hydrogen) atoms. The van der Waals surface area contributed by atoms with Crippen molar-refractivity contribution < 1.29 is 14.7 Å². The molecule has 5 nitrogen and oxygen atoms in total. The standard InChI is InChI=1S/C15H28N2O3/c1-4-15(5-2,6-3)16-14(20)17-9-7-12(8-10-17)11-13(18)19/h12H,4-11H2,1-3H3,(H,16,20)(H,18,19). The summed E-state index contributed by atoms with van der Waals surface area (Å²) in [5.41, 5.74) is -0.102. The second-order valence-electron chi connectivity index (χ2n) is 5.80. The first kappa shape index (κ1) is 16.8. The van der Waals surface area contributed by atoms with Gasteiger partial charge in [0.1, 0.15) is 0 Å². The van der Waals surface area contributed by atoms with Crippen LogP contribution >= 0.6 is 0 Å². The molecule has 1 aliphatic heterocycles. The zero-order valence-electron chi connectivity index (χ0n) is 12.9. The number of carbonyl (C=O) groups is 2. The number of carboxylic acid groups (broad SMARTS) is 1. The smallest absolute Gasteiger partial charge is 0.317 e. The molecule has 0 aromatic heterocycles. The van der Waals surface area contributed by atoms with Gasteiger partial charge in [0.25, 0.3) is 0 Å². The van der Waals surface area contributed by atoms with Gasteiger partial charge < -0.3 is 15.3 Å². The van der Waals surface area contributed by atoms with Crippen LogP contribution in [-0.2, 0) is 4.79 Å². The van der Waals surface area contributed by atoms with Crippen molar-refractivity contribution in [3.05, 3.63) is 0 Å². The van der Waals surface area contributed by atoms with Crippen molar-refractivity contribution in [2.45, 2.75) is 64.8 Å². The lowest BCUT2D eigenvalue weighted by Gasteiger charge is -2.37. The minimum absolute atomic E-state index is 0.00400. The Hall–Kier alpha value is -1.26. The van der Waals surface area contributed by atoms with Gasteiger partial charge in [-0.2, -0.15) is 0 Å². The highest BCUT2D eigenvalue weighted by atomic mass is 16.4. The van der Waals surface area contributed by atoms with E-state index in [1.807, 2.05) is 4.90 Å². The van der Waals surface area contributed by atoms with E-state index in [1.165, 1.54) is 0 Å². The average Bonchev–Trinajstić information content (AvgIpc) is 2.45. The number of piperidine rings is 1. The average molecular weight is 284 g/mol. The molecule has 1 heterocycles. The molecule has 0 radical (unpaired) electrons. The van der Waals surface area contributed by atoms with E-state index in [-0.39, 0.29) is 23.9 Å². The van der Waals surface area contributed by atoms with Crippen LogP contribution in [0.4, 0.5) is 4.79 Å². The molecule has 0 aromatic rings. The van der Waals surface area contributed by atoms with Crippen molar-refractivity contribution in [2.24, 2.45) is 5.92 Å². The molecule has 1 saturated heterocycles. The fourth-order valence-electron chi connectivity index (χ4n) is 2.91. The van der Waals surface area contributed by atoms with Gasteiger partial charge in [-0.05, 0) is 38.0 Å². The summed E-state index contributed by atoms with van der Waals surface area (Å²) in [4.78, 5) is 24.8. The number of amides is 2. The van der Waals surface area contributed by atoms with Gasteiger partial charge in [-0.3, -0.25) is 4.79 Å². The van der Waals surface area contributed by atoms with E-state index in [2.05, 4.69) is 26.1 Å². The summed E-state index contributed by atoms with van der Waals surface area (Å²) >= 11 is 0. The molecule has 5 heteroatoms. The summed E-state index contributed by atoms with van der Waals surface area (Å²) < 4.78 is 0. The Morgan fingerprint density at radius 1 is 1.15 bits per heavy atom. The molecule has 0 aromatic carbocycles. The van der Waals surface area contributed by atoms with Crippen LogP contribution in [0.2, 0.25) is 0 Å². The van der Waals surface area contributed by atoms with Crippen LogP contribution in [0, 0.1) is 5.92 Å². The van der Waals surface area contributed by atoms with Gasteiger partial charge in [0.05, 0.1) is 0 Å². The predicted octanol–water partition coefficient (Wildman–Crippen LogP) is 2.85. The lowest BCUT2D eigenvalue weighted by atomic mass is 9.90. The minimum atomic E-state index is -0.741. The molecule has 2 amide bonds. The molecule has 0 spiro atoms. The molecule has 0 atom stereocenters. The number of hydrogen-bond donors (Lipinski definition) is 2. The highest BCUT2D eigenvalue weighted by Crippen LogP contribution is 2.23. The Balaban J connectivity index is 2.48. The van der Waals surface area contributed by atoms with E-state index >= 15 is 0 Å². The first-order valence-electron chi connectivity index (χ1n) is 7.75. The van der Waals surface area contributed by atoms with Crippen LogP contribution in [-0.4, -0.2) is 40.6 Å². The molecule has 1 fully saturated rings. The van der Waals surface area contributed by atoms with Crippen LogP contribution in [0.5, 0.6) is 0 Å². The largest absolute Gasteiger partial charge is 0.481 e. The number of rotatable bonds is 6. The zero-order chi connectivity index (χ0) is 15.2. The van der Waals surface area contributed by atoms with E-state index < -0.39 is 5.97 Å². The highest BCUT2D eigenvalue weighted by molar-refractivity contribution is 5.75. The summed E-state index contributed by atoms with van der Waals surface area (Å²) in [5, 5.41) is 12.0. The molecule has 0 saturated carbocycles. The number of nitrogens with one attached hydrogen (secondary N) is 1. The molecule has 0 aliphatic carbocycles. The monoisotopic (exact) mass is 284 g/mol. The Kier molecular flexibility index (Phi) is 6.30. The first-order valence-corrected chi connectivity index (χ1v) is 7.75. The predicted molar refractivity (Wildman–Crippen MR) is 78.7 cm³/mol. The van der Waals surface area contributed by atoms with Gasteiger partial charge in [0, 0.05) is 25.0 Å². The summed E-state index contributed by atoms with van der Waals surface area (Å²) in [5.74, 6) is -0.528. The van der Waals surface area contributed by atoms with Crippen LogP contribution in [0.15, 0.2) is 0 Å². The number of carbonyl (C=O) groups excluding carboxylic acids is 1. The van der Waals surface area contributed by atoms with Crippen molar-refractivity contribution in [1.29, 1.82) is 0 Å². The second kappa shape index (κ2) is 7.50. The molecule has 1 rings (SSSR count). The van der Waals surface area contributed by atoms with Crippen LogP contribution < -0.4 is 5.32 Å². The SMILES string of the molecule is CCC(CC)(CC)NC(=O)N1CCC(CC(=O)O)CC1. The van der Waals surface area contributed by atoms with Gasteiger partial charge in [-0.1, -0.05) is 20.8 Å². The Morgan fingerprint density at radius 2 is 1.65 bits per heavy atom. The number of carboxylic acids is 1. The fraction of sp³-hybridized carbons (Fsp3) is 0.867. The lowest BCUT2D eigenvalue weighted by Crippen LogP contribution is -2.54. The number of nitrogens with zero attached hydrogens (tertiary/aromatic N) is 1. The fourth-order valence-corrected chi connectivity index (χ4v) is 2.91. The Labute approximate surface area is 121 Å². The second-order valence-corrected chi connectivity index (χ2v) is 5.80. The Bertz CT molecular complexity index is 324. The number of urea groups is 1. The quantitative estimate of drug-likeness (QED) is 0.788. The summed E-state index contributed by atoms with van der Waals surface area (Å²) in [6, 6.07) is 0.00400. The Morgan fingerprint density at radius 3 is 2.05 bits per heavy atom. The number of likely N-dealkylation sites (tertiary alicyclic amines) is 1. The van der Waals surface area contributed by atoms with Gasteiger partial charge in [0.15, 0.2) is 0 Å². The summed E-state index contributed by atoms with van der Waals surface area (Å²) in [6.45, 7) is 7.64.